The average Bonchev–Trinajstić information content (AvgIpc) is 3.64. The van der Waals surface area contributed by atoms with E-state index in [1.165, 1.54) is 30.9 Å². The number of carbonyl (C=O) groups excluding carboxylic acids is 5. The number of pyridine rings is 1. The number of para-hydroxylation sites is 1. The molecular weight excluding hydrogens is 925 g/mol. The van der Waals surface area contributed by atoms with Crippen molar-refractivity contribution in [3.05, 3.63) is 78.1 Å². The molecule has 0 saturated carbocycles. The molecule has 19 nitrogen and oxygen atoms in total. The average molecular weight is 988 g/mol. The predicted octanol–water partition coefficient (Wildman–Crippen LogP) is 8.32. The third-order valence-corrected chi connectivity index (χ3v) is 9.99. The number of ether oxygens (including phenoxy) is 5. The van der Waals surface area contributed by atoms with Gasteiger partial charge in [0.1, 0.15) is 52.2 Å². The Labute approximate surface area is 411 Å². The van der Waals surface area contributed by atoms with Gasteiger partial charge >= 0.3 is 18.0 Å². The molecule has 21 heteroatoms. The van der Waals surface area contributed by atoms with Gasteiger partial charge in [-0.2, -0.15) is 5.10 Å². The molecule has 2 aromatic carbocycles. The van der Waals surface area contributed by atoms with Crippen LogP contribution in [0.3, 0.4) is 0 Å². The van der Waals surface area contributed by atoms with Crippen molar-refractivity contribution in [3.8, 4) is 23.0 Å². The summed E-state index contributed by atoms with van der Waals surface area (Å²) in [6.07, 6.45) is 4.32. The maximum Gasteiger partial charge on any atom is 0.408 e. The first kappa shape index (κ1) is 54.5. The number of rotatable bonds is 23. The van der Waals surface area contributed by atoms with Gasteiger partial charge in [-0.1, -0.05) is 31.0 Å². The Bertz CT molecular complexity index is 2640. The van der Waals surface area contributed by atoms with Crippen LogP contribution in [-0.2, 0) is 39.9 Å². The van der Waals surface area contributed by atoms with E-state index in [1.54, 1.807) is 84.9 Å². The van der Waals surface area contributed by atoms with Gasteiger partial charge in [-0.05, 0) is 80.4 Å². The topological polar surface area (TPSA) is 236 Å². The largest absolute Gasteiger partial charge is 0.494 e. The fourth-order valence-electron chi connectivity index (χ4n) is 6.93. The van der Waals surface area contributed by atoms with Crippen LogP contribution < -0.4 is 30.7 Å². The molecular formula is C50H63F2N9O10. The van der Waals surface area contributed by atoms with E-state index < -0.39 is 52.9 Å². The molecule has 2 atom stereocenters. The molecule has 0 radical (unpaired) electrons. The van der Waals surface area contributed by atoms with Crippen LogP contribution in [0, 0.1) is 11.6 Å². The van der Waals surface area contributed by atoms with Gasteiger partial charge in [-0.25, -0.2) is 33.3 Å². The molecule has 0 spiro atoms. The first-order chi connectivity index (χ1) is 33.6. The lowest BCUT2D eigenvalue weighted by atomic mass is 10.1. The molecule has 0 aliphatic carbocycles. The molecule has 5 rings (SSSR count). The Hall–Kier alpha value is -7.45. The lowest BCUT2D eigenvalue weighted by Crippen LogP contribution is -2.51. The molecule has 0 fully saturated rings. The second-order valence-electron chi connectivity index (χ2n) is 18.4. The zero-order valence-corrected chi connectivity index (χ0v) is 41.6. The number of aromatic nitrogens is 5. The summed E-state index contributed by atoms with van der Waals surface area (Å²) in [5.74, 6) is -2.72. The monoisotopic (exact) mass is 987 g/mol. The molecule has 0 unspecified atom stereocenters. The number of anilines is 3. The number of hydrogen-bond acceptors (Lipinski definition) is 15. The Kier molecular flexibility index (Phi) is 19.1. The zero-order chi connectivity index (χ0) is 51.9. The van der Waals surface area contributed by atoms with Crippen LogP contribution in [0.5, 0.6) is 11.5 Å². The van der Waals surface area contributed by atoms with E-state index >= 15 is 8.78 Å². The van der Waals surface area contributed by atoms with Crippen molar-refractivity contribution in [2.75, 3.05) is 30.5 Å². The molecule has 3 aromatic heterocycles. The highest BCUT2D eigenvalue weighted by Gasteiger charge is 2.28. The van der Waals surface area contributed by atoms with Gasteiger partial charge in [0.15, 0.2) is 17.4 Å². The fourth-order valence-corrected chi connectivity index (χ4v) is 6.93. The van der Waals surface area contributed by atoms with Crippen molar-refractivity contribution in [1.82, 2.24) is 35.4 Å². The van der Waals surface area contributed by atoms with Crippen molar-refractivity contribution in [2.45, 2.75) is 131 Å². The summed E-state index contributed by atoms with van der Waals surface area (Å²) >= 11 is 0. The highest BCUT2D eigenvalue weighted by Crippen LogP contribution is 2.32. The predicted molar refractivity (Wildman–Crippen MR) is 260 cm³/mol. The summed E-state index contributed by atoms with van der Waals surface area (Å²) in [5.41, 5.74) is -0.282. The number of carbonyl (C=O) groups is 5. The SMILES string of the molecule is CCOc1cc(F)c(Cn2nc(-c3ncc(OCCCOC(=O)[C@H](C)NC(=O)[C@@H](CCCCCC(=O)OC(C)(C)C)NC(=O)OC(C)(C)C)c(Nc4ccnc(NC(C)=O)c4)n3)c3ccccc32)c(F)c1. The van der Waals surface area contributed by atoms with Gasteiger partial charge in [0.2, 0.25) is 11.8 Å². The van der Waals surface area contributed by atoms with Gasteiger partial charge in [0.05, 0.1) is 38.1 Å². The van der Waals surface area contributed by atoms with E-state index in [1.807, 2.05) is 0 Å². The Morgan fingerprint density at radius 2 is 1.55 bits per heavy atom. The van der Waals surface area contributed by atoms with Crippen LogP contribution in [0.2, 0.25) is 0 Å². The van der Waals surface area contributed by atoms with Crippen LogP contribution in [-0.4, -0.2) is 97.7 Å². The number of nitrogens with one attached hydrogen (secondary N) is 4. The molecule has 4 N–H and O–H groups in total. The second kappa shape index (κ2) is 24.9. The first-order valence-electron chi connectivity index (χ1n) is 23.3. The summed E-state index contributed by atoms with van der Waals surface area (Å²) in [4.78, 5) is 76.5. The van der Waals surface area contributed by atoms with Gasteiger partial charge in [0, 0.05) is 60.8 Å². The molecule has 5 aromatic rings. The highest BCUT2D eigenvalue weighted by molar-refractivity contribution is 5.92. The minimum Gasteiger partial charge on any atom is -0.494 e. The van der Waals surface area contributed by atoms with Crippen LogP contribution in [0.15, 0.2) is 60.9 Å². The highest BCUT2D eigenvalue weighted by atomic mass is 19.1. The van der Waals surface area contributed by atoms with Crippen LogP contribution in [0.25, 0.3) is 22.4 Å². The van der Waals surface area contributed by atoms with Gasteiger partial charge < -0.3 is 45.0 Å². The van der Waals surface area contributed by atoms with Gasteiger partial charge in [-0.15, -0.1) is 0 Å². The molecule has 71 heavy (non-hydrogen) atoms. The van der Waals surface area contributed by atoms with Crippen molar-refractivity contribution < 1.29 is 56.4 Å². The summed E-state index contributed by atoms with van der Waals surface area (Å²) < 4.78 is 59.5. The second-order valence-corrected chi connectivity index (χ2v) is 18.4. The summed E-state index contributed by atoms with van der Waals surface area (Å²) in [7, 11) is 0. The van der Waals surface area contributed by atoms with Crippen LogP contribution >= 0.6 is 0 Å². The minimum atomic E-state index is -1.09. The van der Waals surface area contributed by atoms with E-state index in [-0.39, 0.29) is 92.0 Å². The van der Waals surface area contributed by atoms with Crippen molar-refractivity contribution in [3.63, 3.8) is 0 Å². The Morgan fingerprint density at radius 1 is 0.831 bits per heavy atom. The van der Waals surface area contributed by atoms with Gasteiger partial charge in [0.25, 0.3) is 0 Å². The third kappa shape index (κ3) is 17.2. The molecule has 0 aliphatic heterocycles. The van der Waals surface area contributed by atoms with Crippen LogP contribution in [0.1, 0.15) is 106 Å². The first-order valence-corrected chi connectivity index (χ1v) is 23.3. The van der Waals surface area contributed by atoms with E-state index in [2.05, 4.69) is 31.2 Å². The van der Waals surface area contributed by atoms with E-state index in [0.717, 1.165) is 12.1 Å². The van der Waals surface area contributed by atoms with E-state index in [9.17, 15) is 24.0 Å². The minimum absolute atomic E-state index is 0.0193. The number of esters is 2. The lowest BCUT2D eigenvalue weighted by Gasteiger charge is -2.24. The fraction of sp³-hybridized carbons (Fsp3) is 0.460. The standard InChI is InChI=1S/C50H63F2N9O10/c1-10-67-33-26-36(51)35(37(52)27-33)29-61-39-19-15-14-17-34(39)43(60-61)45-54-28-40(44(59-45)57-32-21-22-53-41(25-32)56-31(3)62)68-23-16-24-69-47(65)30(2)55-46(64)38(58-48(66)71-50(7,8)9)18-12-11-13-20-42(63)70-49(4,5)6/h14-15,17,19,21-22,25-28,30,38H,10-13,16,18,20,23-24,29H2,1-9H3,(H,55,64)(H,58,66)(H2,53,54,56,57,59,62)/t30-,38+/m0/s1. The number of benzene rings is 2. The third-order valence-electron chi connectivity index (χ3n) is 9.99. The zero-order valence-electron chi connectivity index (χ0n) is 41.6. The van der Waals surface area contributed by atoms with Crippen molar-refractivity contribution in [2.24, 2.45) is 0 Å². The molecule has 0 saturated heterocycles. The smallest absolute Gasteiger partial charge is 0.408 e. The molecule has 3 amide bonds. The quantitative estimate of drug-likeness (QED) is 0.0274. The Morgan fingerprint density at radius 3 is 2.24 bits per heavy atom. The lowest BCUT2D eigenvalue weighted by molar-refractivity contribution is -0.155. The maximum absolute atomic E-state index is 15.2. The normalized spacial score (nSPS) is 12.3. The van der Waals surface area contributed by atoms with Gasteiger partial charge in [-0.3, -0.25) is 19.1 Å². The maximum atomic E-state index is 15.2. The summed E-state index contributed by atoms with van der Waals surface area (Å²) in [6.45, 7) is 14.9. The van der Waals surface area contributed by atoms with Crippen molar-refractivity contribution in [1.29, 1.82) is 0 Å². The number of amides is 3. The molecule has 3 heterocycles. The number of halogens is 2. The number of unbranched alkanes of at least 4 members (excludes halogenated alkanes) is 2. The molecule has 0 aliphatic rings. The summed E-state index contributed by atoms with van der Waals surface area (Å²) in [6, 6.07) is 10.5. The van der Waals surface area contributed by atoms with Crippen molar-refractivity contribution >= 4 is 58.1 Å². The summed E-state index contributed by atoms with van der Waals surface area (Å²) in [5, 5.41) is 16.3. The van der Waals surface area contributed by atoms with E-state index in [4.69, 9.17) is 33.8 Å². The van der Waals surface area contributed by atoms with E-state index in [0.29, 0.717) is 41.5 Å². The number of alkyl carbamates (subject to hydrolysis) is 1. The van der Waals surface area contributed by atoms with Crippen LogP contribution in [0.4, 0.5) is 30.9 Å². The number of hydrogen-bond donors (Lipinski definition) is 4. The Balaban J connectivity index is 1.25. The molecule has 382 valence electrons. The number of nitrogens with zero attached hydrogens (tertiary/aromatic N) is 5. The number of fused-ring (bicyclic) bond motifs is 1. The molecule has 0 bridgehead atoms.